The maximum atomic E-state index is 11.9. The standard InChI is InChI=1S/C15H20N2O2S/c1-17(8-5-9-19-2)15(18)16-10-12-11-20-14-7-4-3-6-13(12)14/h3-4,6-7,11H,5,8-10H2,1-2H3,(H,16,18). The Morgan fingerprint density at radius 3 is 3.00 bits per heavy atom. The van der Waals surface area contributed by atoms with E-state index < -0.39 is 0 Å². The Kier molecular flexibility index (Phi) is 5.38. The van der Waals surface area contributed by atoms with Gasteiger partial charge in [-0.2, -0.15) is 0 Å². The first kappa shape index (κ1) is 14.8. The van der Waals surface area contributed by atoms with Gasteiger partial charge in [0.2, 0.25) is 0 Å². The Bertz CT molecular complexity index is 568. The van der Waals surface area contributed by atoms with Gasteiger partial charge in [0.1, 0.15) is 0 Å². The monoisotopic (exact) mass is 292 g/mol. The molecule has 0 saturated carbocycles. The summed E-state index contributed by atoms with van der Waals surface area (Å²) in [5.74, 6) is 0. The van der Waals surface area contributed by atoms with Crippen LogP contribution in [-0.2, 0) is 11.3 Å². The first-order valence-corrected chi connectivity index (χ1v) is 7.53. The van der Waals surface area contributed by atoms with Gasteiger partial charge < -0.3 is 15.0 Å². The lowest BCUT2D eigenvalue weighted by Gasteiger charge is -2.17. The number of methoxy groups -OCH3 is 1. The molecule has 108 valence electrons. The van der Waals surface area contributed by atoms with Crippen molar-refractivity contribution in [3.05, 3.63) is 35.2 Å². The molecular weight excluding hydrogens is 272 g/mol. The normalized spacial score (nSPS) is 10.7. The van der Waals surface area contributed by atoms with Crippen molar-refractivity contribution in [2.24, 2.45) is 0 Å². The predicted molar refractivity (Wildman–Crippen MR) is 83.2 cm³/mol. The third-order valence-electron chi connectivity index (χ3n) is 3.18. The number of fused-ring (bicyclic) bond motifs is 1. The number of carbonyl (C=O) groups is 1. The largest absolute Gasteiger partial charge is 0.385 e. The molecule has 1 aromatic carbocycles. The van der Waals surface area contributed by atoms with Gasteiger partial charge >= 0.3 is 6.03 Å². The van der Waals surface area contributed by atoms with Crippen LogP contribution in [0.3, 0.4) is 0 Å². The molecule has 20 heavy (non-hydrogen) atoms. The van der Waals surface area contributed by atoms with Crippen LogP contribution in [0.1, 0.15) is 12.0 Å². The van der Waals surface area contributed by atoms with Crippen molar-refractivity contribution >= 4 is 27.5 Å². The number of nitrogens with one attached hydrogen (secondary N) is 1. The summed E-state index contributed by atoms with van der Waals surface area (Å²) in [4.78, 5) is 13.6. The second kappa shape index (κ2) is 7.26. The number of hydrogen-bond acceptors (Lipinski definition) is 3. The summed E-state index contributed by atoms with van der Waals surface area (Å²) >= 11 is 1.71. The SMILES string of the molecule is COCCCN(C)C(=O)NCc1csc2ccccc12. The third-order valence-corrected chi connectivity index (χ3v) is 4.19. The van der Waals surface area contributed by atoms with Crippen molar-refractivity contribution in [1.82, 2.24) is 10.2 Å². The van der Waals surface area contributed by atoms with Crippen LogP contribution in [-0.4, -0.2) is 38.2 Å². The van der Waals surface area contributed by atoms with E-state index in [0.29, 0.717) is 19.7 Å². The molecule has 0 unspecified atom stereocenters. The van der Waals surface area contributed by atoms with E-state index in [-0.39, 0.29) is 6.03 Å². The number of hydrogen-bond donors (Lipinski definition) is 1. The highest BCUT2D eigenvalue weighted by Crippen LogP contribution is 2.25. The zero-order valence-corrected chi connectivity index (χ0v) is 12.7. The van der Waals surface area contributed by atoms with E-state index in [0.717, 1.165) is 6.42 Å². The molecule has 4 nitrogen and oxygen atoms in total. The van der Waals surface area contributed by atoms with Crippen molar-refractivity contribution in [2.75, 3.05) is 27.3 Å². The van der Waals surface area contributed by atoms with E-state index in [4.69, 9.17) is 4.74 Å². The van der Waals surface area contributed by atoms with Crippen LogP contribution in [0.4, 0.5) is 4.79 Å². The van der Waals surface area contributed by atoms with Crippen LogP contribution in [0.5, 0.6) is 0 Å². The predicted octanol–water partition coefficient (Wildman–Crippen LogP) is 3.08. The van der Waals surface area contributed by atoms with Gasteiger partial charge in [0.25, 0.3) is 0 Å². The van der Waals surface area contributed by atoms with Crippen LogP contribution in [0, 0.1) is 0 Å². The zero-order valence-electron chi connectivity index (χ0n) is 11.9. The third kappa shape index (κ3) is 3.71. The number of nitrogens with zero attached hydrogens (tertiary/aromatic N) is 1. The van der Waals surface area contributed by atoms with Gasteiger partial charge in [0.05, 0.1) is 0 Å². The first-order valence-electron chi connectivity index (χ1n) is 6.65. The summed E-state index contributed by atoms with van der Waals surface area (Å²) in [6, 6.07) is 8.20. The van der Waals surface area contributed by atoms with Crippen LogP contribution >= 0.6 is 11.3 Å². The van der Waals surface area contributed by atoms with Gasteiger partial charge in [-0.1, -0.05) is 18.2 Å². The van der Waals surface area contributed by atoms with Crippen LogP contribution in [0.2, 0.25) is 0 Å². The van der Waals surface area contributed by atoms with Crippen LogP contribution in [0.15, 0.2) is 29.6 Å². The Morgan fingerprint density at radius 2 is 2.20 bits per heavy atom. The van der Waals surface area contributed by atoms with E-state index in [1.165, 1.54) is 15.6 Å². The van der Waals surface area contributed by atoms with Gasteiger partial charge in [0, 0.05) is 38.6 Å². The quantitative estimate of drug-likeness (QED) is 0.831. The second-order valence-electron chi connectivity index (χ2n) is 4.68. The molecule has 0 bridgehead atoms. The molecular formula is C15H20N2O2S. The van der Waals surface area contributed by atoms with Crippen molar-refractivity contribution in [2.45, 2.75) is 13.0 Å². The first-order chi connectivity index (χ1) is 9.72. The Morgan fingerprint density at radius 1 is 1.40 bits per heavy atom. The summed E-state index contributed by atoms with van der Waals surface area (Å²) in [5.41, 5.74) is 1.17. The lowest BCUT2D eigenvalue weighted by atomic mass is 10.2. The topological polar surface area (TPSA) is 41.6 Å². The second-order valence-corrected chi connectivity index (χ2v) is 5.59. The highest BCUT2D eigenvalue weighted by molar-refractivity contribution is 7.17. The van der Waals surface area contributed by atoms with Crippen molar-refractivity contribution in [3.8, 4) is 0 Å². The van der Waals surface area contributed by atoms with Gasteiger partial charge in [-0.05, 0) is 28.8 Å². The van der Waals surface area contributed by atoms with E-state index in [9.17, 15) is 4.79 Å². The van der Waals surface area contributed by atoms with E-state index in [2.05, 4.69) is 22.8 Å². The minimum Gasteiger partial charge on any atom is -0.385 e. The maximum absolute atomic E-state index is 11.9. The molecule has 0 fully saturated rings. The average molecular weight is 292 g/mol. The number of urea groups is 1. The van der Waals surface area contributed by atoms with Gasteiger partial charge in [-0.25, -0.2) is 4.79 Å². The van der Waals surface area contributed by atoms with Crippen LogP contribution < -0.4 is 5.32 Å². The molecule has 0 spiro atoms. The Balaban J connectivity index is 1.87. The number of benzene rings is 1. The van der Waals surface area contributed by atoms with Gasteiger partial charge in [-0.3, -0.25) is 0 Å². The molecule has 0 aliphatic heterocycles. The van der Waals surface area contributed by atoms with Crippen molar-refractivity contribution in [3.63, 3.8) is 0 Å². The summed E-state index contributed by atoms with van der Waals surface area (Å²) in [5, 5.41) is 6.29. The molecule has 0 aliphatic carbocycles. The highest BCUT2D eigenvalue weighted by Gasteiger charge is 2.09. The zero-order chi connectivity index (χ0) is 14.4. The minimum absolute atomic E-state index is 0.0450. The van der Waals surface area contributed by atoms with E-state index in [1.807, 2.05) is 12.1 Å². The number of thiophene rings is 1. The smallest absolute Gasteiger partial charge is 0.317 e. The van der Waals surface area contributed by atoms with Gasteiger partial charge in [-0.15, -0.1) is 11.3 Å². The van der Waals surface area contributed by atoms with Gasteiger partial charge in [0.15, 0.2) is 0 Å². The summed E-state index contributed by atoms with van der Waals surface area (Å²) in [6.45, 7) is 1.94. The molecule has 0 aliphatic rings. The minimum atomic E-state index is -0.0450. The lowest BCUT2D eigenvalue weighted by Crippen LogP contribution is -2.37. The molecule has 1 N–H and O–H groups in total. The molecule has 0 radical (unpaired) electrons. The molecule has 1 heterocycles. The molecule has 2 amide bonds. The maximum Gasteiger partial charge on any atom is 0.317 e. The summed E-state index contributed by atoms with van der Waals surface area (Å²) < 4.78 is 6.24. The van der Waals surface area contributed by atoms with Crippen LogP contribution in [0.25, 0.3) is 10.1 Å². The molecule has 0 atom stereocenters. The highest BCUT2D eigenvalue weighted by atomic mass is 32.1. The summed E-state index contributed by atoms with van der Waals surface area (Å²) in [7, 11) is 3.47. The molecule has 2 rings (SSSR count). The number of amides is 2. The fourth-order valence-electron chi connectivity index (χ4n) is 2.02. The number of rotatable bonds is 6. The Labute approximate surface area is 123 Å². The van der Waals surface area contributed by atoms with Crippen molar-refractivity contribution < 1.29 is 9.53 Å². The summed E-state index contributed by atoms with van der Waals surface area (Å²) in [6.07, 6.45) is 0.849. The number of ether oxygens (including phenoxy) is 1. The van der Waals surface area contributed by atoms with E-state index in [1.54, 1.807) is 30.4 Å². The average Bonchev–Trinajstić information content (AvgIpc) is 2.88. The lowest BCUT2D eigenvalue weighted by molar-refractivity contribution is 0.175. The molecule has 2 aromatic rings. The van der Waals surface area contributed by atoms with Crippen molar-refractivity contribution in [1.29, 1.82) is 0 Å². The fraction of sp³-hybridized carbons (Fsp3) is 0.400. The molecule has 5 heteroatoms. The molecule has 1 aromatic heterocycles. The van der Waals surface area contributed by atoms with E-state index >= 15 is 0 Å². The molecule has 0 saturated heterocycles. The Hall–Kier alpha value is -1.59. The fourth-order valence-corrected chi connectivity index (χ4v) is 2.99. The number of carbonyl (C=O) groups excluding carboxylic acids is 1.